The molecule has 1 aliphatic carbocycles. The number of ether oxygens (including phenoxy) is 3. The first-order valence-electron chi connectivity index (χ1n) is 12.6. The molecule has 3 aliphatic rings. The van der Waals surface area contributed by atoms with Gasteiger partial charge in [-0.3, -0.25) is 9.59 Å². The maximum atomic E-state index is 13.6. The minimum absolute atomic E-state index is 0.0248. The fourth-order valence-electron chi connectivity index (χ4n) is 4.45. The Labute approximate surface area is 224 Å². The molecular formula is C25H29F2N4O7P. The molecule has 2 amide bonds. The summed E-state index contributed by atoms with van der Waals surface area (Å²) in [5.41, 5.74) is 6.13. The highest BCUT2D eigenvalue weighted by Crippen LogP contribution is 2.50. The van der Waals surface area contributed by atoms with Crippen LogP contribution in [-0.4, -0.2) is 78.7 Å². The Hall–Kier alpha value is -3.31. The van der Waals surface area contributed by atoms with Crippen LogP contribution in [0.1, 0.15) is 35.5 Å². The van der Waals surface area contributed by atoms with Crippen LogP contribution in [0.2, 0.25) is 0 Å². The summed E-state index contributed by atoms with van der Waals surface area (Å²) in [7, 11) is 0.972. The van der Waals surface area contributed by atoms with Crippen molar-refractivity contribution in [1.29, 1.82) is 0 Å². The van der Waals surface area contributed by atoms with Crippen LogP contribution in [0.4, 0.5) is 8.78 Å². The van der Waals surface area contributed by atoms with Gasteiger partial charge in [0.25, 0.3) is 5.91 Å². The van der Waals surface area contributed by atoms with Gasteiger partial charge in [0.2, 0.25) is 11.8 Å². The largest absolute Gasteiger partial charge is 0.485 e. The van der Waals surface area contributed by atoms with Gasteiger partial charge in [0.05, 0.1) is 19.7 Å². The van der Waals surface area contributed by atoms with Crippen molar-refractivity contribution in [3.05, 3.63) is 29.7 Å². The molecule has 2 saturated heterocycles. The number of methoxy groups -OCH3 is 1. The number of aromatic nitrogens is 1. The molecule has 3 N–H and O–H groups in total. The molecule has 0 bridgehead atoms. The zero-order chi connectivity index (χ0) is 27.7. The fourth-order valence-corrected chi connectivity index (χ4v) is 5.60. The van der Waals surface area contributed by atoms with Crippen LogP contribution < -0.4 is 20.5 Å². The zero-order valence-corrected chi connectivity index (χ0v) is 22.1. The van der Waals surface area contributed by atoms with E-state index in [0.717, 1.165) is 25.2 Å². The van der Waals surface area contributed by atoms with Crippen molar-refractivity contribution >= 4 is 25.7 Å². The lowest BCUT2D eigenvalue weighted by atomic mass is 10.1. The molecule has 11 nitrogen and oxygen atoms in total. The fraction of sp³-hybridized carbons (Fsp3) is 0.520. The van der Waals surface area contributed by atoms with Crippen molar-refractivity contribution in [1.82, 2.24) is 15.2 Å². The van der Waals surface area contributed by atoms with Gasteiger partial charge in [0.1, 0.15) is 12.4 Å². The van der Waals surface area contributed by atoms with Gasteiger partial charge in [0.15, 0.2) is 23.0 Å². The smallest absolute Gasteiger partial charge is 0.387 e. The molecule has 2 aromatic rings. The Bertz CT molecular complexity index is 1250. The van der Waals surface area contributed by atoms with E-state index in [2.05, 4.69) is 15.0 Å². The van der Waals surface area contributed by atoms with Crippen molar-refractivity contribution < 1.29 is 41.8 Å². The number of hydrogen-bond acceptors (Lipinski definition) is 9. The van der Waals surface area contributed by atoms with Gasteiger partial charge >= 0.3 is 12.6 Å². The van der Waals surface area contributed by atoms with Crippen LogP contribution in [0.15, 0.2) is 22.6 Å². The maximum absolute atomic E-state index is 13.6. The number of nitrogens with one attached hydrogen (secondary N) is 1. The van der Waals surface area contributed by atoms with Gasteiger partial charge in [-0.05, 0) is 49.8 Å². The summed E-state index contributed by atoms with van der Waals surface area (Å²) in [5.74, 6) is -1.37. The molecule has 0 spiro atoms. The number of amides is 2. The summed E-state index contributed by atoms with van der Waals surface area (Å²) in [6.45, 7) is -3.01. The summed E-state index contributed by atoms with van der Waals surface area (Å²) >= 11 is 0. The van der Waals surface area contributed by atoms with Crippen LogP contribution in [0.25, 0.3) is 11.5 Å². The third-order valence-electron chi connectivity index (χ3n) is 6.81. The van der Waals surface area contributed by atoms with E-state index >= 15 is 0 Å². The van der Waals surface area contributed by atoms with Crippen LogP contribution in [0.3, 0.4) is 0 Å². The van der Waals surface area contributed by atoms with Gasteiger partial charge in [-0.25, -0.2) is 9.78 Å². The minimum Gasteiger partial charge on any atom is -0.485 e. The first kappa shape index (κ1) is 27.3. The number of nitrogens with two attached hydrogens (primary N) is 1. The monoisotopic (exact) mass is 566 g/mol. The second-order valence-electron chi connectivity index (χ2n) is 9.57. The number of carbonyl (C=O) groups excluding carboxylic acids is 3. The summed E-state index contributed by atoms with van der Waals surface area (Å²) in [4.78, 5) is 44.3. The summed E-state index contributed by atoms with van der Waals surface area (Å²) in [5, 5.41) is 2.87. The standard InChI is InChI=1S/C25H29F2N4O7P/c1-35-24(34)20-15(29-21(32)13-2-3-13)6-7-31(20)23(33)19-18(11-28)37-22(30-19)14-4-5-16(38-25(26)27)17(10-14)36-12-39-8-9-39/h4-5,10,13,15,20,25H,2-3,6-9,11-12,28H2,1H3,(H,29,32). The number of likely N-dealkylation sites (tertiary alicyclic amines) is 1. The number of halogens is 2. The van der Waals surface area contributed by atoms with Gasteiger partial charge in [-0.15, -0.1) is 0 Å². The third-order valence-corrected chi connectivity index (χ3v) is 8.39. The molecule has 3 fully saturated rings. The molecule has 2 unspecified atom stereocenters. The van der Waals surface area contributed by atoms with E-state index in [1.165, 1.54) is 30.2 Å². The molecule has 3 heterocycles. The molecule has 1 saturated carbocycles. The van der Waals surface area contributed by atoms with Crippen molar-refractivity contribution in [3.8, 4) is 23.0 Å². The lowest BCUT2D eigenvalue weighted by Gasteiger charge is -2.26. The topological polar surface area (TPSA) is 146 Å². The summed E-state index contributed by atoms with van der Waals surface area (Å²) in [6, 6.07) is 2.62. The SMILES string of the molecule is COC(=O)C1C(NC(=O)C2CC2)CCN1C(=O)c1nc(-c2ccc(OC(F)F)c(OCP3CC3)c2)oc1CN. The Morgan fingerprint density at radius 1 is 1.23 bits per heavy atom. The highest BCUT2D eigenvalue weighted by Gasteiger charge is 2.46. The Balaban J connectivity index is 1.40. The second kappa shape index (κ2) is 11.4. The molecule has 210 valence electrons. The van der Waals surface area contributed by atoms with Crippen LogP contribution in [0, 0.1) is 5.92 Å². The average Bonchev–Trinajstić information content (AvgIpc) is 3.86. The lowest BCUT2D eigenvalue weighted by Crippen LogP contribution is -2.52. The van der Waals surface area contributed by atoms with E-state index in [1.54, 1.807) is 0 Å². The van der Waals surface area contributed by atoms with Crippen molar-refractivity contribution in [2.45, 2.75) is 44.5 Å². The van der Waals surface area contributed by atoms with E-state index in [1.807, 2.05) is 0 Å². The number of alkyl halides is 2. The number of benzene rings is 1. The van der Waals surface area contributed by atoms with Crippen LogP contribution in [0.5, 0.6) is 11.5 Å². The molecule has 5 rings (SSSR count). The Kier molecular flexibility index (Phi) is 7.99. The highest BCUT2D eigenvalue weighted by atomic mass is 31.1. The van der Waals surface area contributed by atoms with Crippen molar-refractivity contribution in [2.75, 3.05) is 32.3 Å². The Morgan fingerprint density at radius 2 is 2.00 bits per heavy atom. The quantitative estimate of drug-likeness (QED) is 0.309. The molecule has 1 aromatic carbocycles. The van der Waals surface area contributed by atoms with E-state index in [9.17, 15) is 23.2 Å². The summed E-state index contributed by atoms with van der Waals surface area (Å²) in [6.07, 6.45) is 4.52. The minimum atomic E-state index is -3.03. The van der Waals surface area contributed by atoms with Gasteiger partial charge < -0.3 is 34.6 Å². The lowest BCUT2D eigenvalue weighted by molar-refractivity contribution is -0.145. The van der Waals surface area contributed by atoms with Gasteiger partial charge in [-0.2, -0.15) is 8.78 Å². The predicted octanol–water partition coefficient (Wildman–Crippen LogP) is 2.52. The molecule has 39 heavy (non-hydrogen) atoms. The summed E-state index contributed by atoms with van der Waals surface area (Å²) < 4.78 is 46.9. The van der Waals surface area contributed by atoms with Crippen LogP contribution >= 0.6 is 7.92 Å². The second-order valence-corrected chi connectivity index (χ2v) is 12.1. The molecule has 2 atom stereocenters. The molecule has 1 aromatic heterocycles. The van der Waals surface area contributed by atoms with E-state index < -0.39 is 30.6 Å². The number of nitrogens with zero attached hydrogens (tertiary/aromatic N) is 2. The van der Waals surface area contributed by atoms with Crippen molar-refractivity contribution in [2.24, 2.45) is 11.7 Å². The maximum Gasteiger partial charge on any atom is 0.387 e. The number of carbonyl (C=O) groups is 3. The normalized spacial score (nSPS) is 20.7. The number of oxazole rings is 1. The first-order valence-corrected chi connectivity index (χ1v) is 14.5. The Morgan fingerprint density at radius 3 is 2.64 bits per heavy atom. The van der Waals surface area contributed by atoms with E-state index in [0.29, 0.717) is 18.3 Å². The average molecular weight is 566 g/mol. The molecule has 2 aliphatic heterocycles. The predicted molar refractivity (Wildman–Crippen MR) is 135 cm³/mol. The zero-order valence-electron chi connectivity index (χ0n) is 21.2. The van der Waals surface area contributed by atoms with Gasteiger partial charge in [-0.1, -0.05) is 7.92 Å². The first-order chi connectivity index (χ1) is 18.8. The molecule has 14 heteroatoms. The van der Waals surface area contributed by atoms with E-state index in [-0.39, 0.29) is 61.7 Å². The van der Waals surface area contributed by atoms with Crippen LogP contribution in [-0.2, 0) is 20.9 Å². The van der Waals surface area contributed by atoms with Gasteiger partial charge in [0, 0.05) is 18.0 Å². The number of rotatable bonds is 11. The van der Waals surface area contributed by atoms with E-state index in [4.69, 9.17) is 19.6 Å². The highest BCUT2D eigenvalue weighted by molar-refractivity contribution is 7.65. The number of hydrogen-bond donors (Lipinski definition) is 2. The molecular weight excluding hydrogens is 537 g/mol. The number of esters is 1. The third kappa shape index (κ3) is 6.14. The van der Waals surface area contributed by atoms with Crippen molar-refractivity contribution in [3.63, 3.8) is 0 Å². The molecule has 0 radical (unpaired) electrons.